The molecule has 2 aliphatic rings. The molecule has 0 spiro atoms. The summed E-state index contributed by atoms with van der Waals surface area (Å²) in [5, 5.41) is 10.9. The van der Waals surface area contributed by atoms with E-state index in [-0.39, 0.29) is 24.9 Å². The number of carboxylic acid groups (broad SMARTS) is 1. The average molecular weight is 427 g/mol. The number of H-pyrrole nitrogens is 1. The first-order chi connectivity index (χ1) is 14.5. The maximum absolute atomic E-state index is 13.5. The van der Waals surface area contributed by atoms with Gasteiger partial charge in [0.15, 0.2) is 17.3 Å². The van der Waals surface area contributed by atoms with Crippen molar-refractivity contribution in [3.63, 3.8) is 0 Å². The standard InChI is InChI=1S/C22H19ClN2O5/c1-25-16(21(27)28)9-14-13-4-2-3-5-15(13)24-20(14)22(25,19(26)10-23)12-6-7-17-18(8-12)30-11-29-17/h2-8,16,24H,9-11H2,1H3,(H,27,28)/t16-,22+/m1/s1. The molecule has 0 amide bonds. The number of nitrogens with zero attached hydrogens (tertiary/aromatic N) is 1. The second-order valence-electron chi connectivity index (χ2n) is 7.53. The third kappa shape index (κ3) is 2.42. The molecule has 3 aromatic rings. The number of Topliss-reactive ketones (excluding diaryl/α,β-unsaturated/α-hetero) is 1. The van der Waals surface area contributed by atoms with Crippen molar-refractivity contribution in [2.75, 3.05) is 19.7 Å². The van der Waals surface area contributed by atoms with E-state index in [1.54, 1.807) is 30.1 Å². The SMILES string of the molecule is CN1[C@@H](C(=O)O)Cc2c([nH]c3ccccc23)[C@@]1(C(=O)CCl)c1ccc2c(c1)OCO2. The Balaban J connectivity index is 1.87. The number of ether oxygens (including phenoxy) is 2. The number of fused-ring (bicyclic) bond motifs is 4. The summed E-state index contributed by atoms with van der Waals surface area (Å²) in [6.07, 6.45) is 0.271. The summed E-state index contributed by atoms with van der Waals surface area (Å²) in [4.78, 5) is 30.8. The number of aromatic amines is 1. The minimum Gasteiger partial charge on any atom is -0.480 e. The molecule has 0 unspecified atom stereocenters. The van der Waals surface area contributed by atoms with E-state index in [0.717, 1.165) is 16.5 Å². The molecule has 2 aliphatic heterocycles. The highest BCUT2D eigenvalue weighted by Gasteiger charge is 2.54. The second-order valence-corrected chi connectivity index (χ2v) is 7.80. The number of ketones is 1. The number of carbonyl (C=O) groups excluding carboxylic acids is 1. The van der Waals surface area contributed by atoms with Crippen LogP contribution in [0.5, 0.6) is 11.5 Å². The van der Waals surface area contributed by atoms with Crippen molar-refractivity contribution in [3.05, 3.63) is 59.3 Å². The normalized spacial score (nSPS) is 22.8. The van der Waals surface area contributed by atoms with Crippen molar-refractivity contribution < 1.29 is 24.2 Å². The molecule has 3 heterocycles. The van der Waals surface area contributed by atoms with E-state index in [1.165, 1.54) is 0 Å². The van der Waals surface area contributed by atoms with Crippen molar-refractivity contribution in [1.82, 2.24) is 9.88 Å². The molecule has 0 aliphatic carbocycles. The van der Waals surface area contributed by atoms with Crippen molar-refractivity contribution in [1.29, 1.82) is 0 Å². The number of benzene rings is 2. The predicted molar refractivity (Wildman–Crippen MR) is 110 cm³/mol. The van der Waals surface area contributed by atoms with E-state index in [0.29, 0.717) is 22.8 Å². The van der Waals surface area contributed by atoms with Gasteiger partial charge in [-0.1, -0.05) is 24.3 Å². The zero-order valence-corrected chi connectivity index (χ0v) is 16.9. The van der Waals surface area contributed by atoms with E-state index in [9.17, 15) is 14.7 Å². The van der Waals surface area contributed by atoms with Crippen LogP contribution in [0.2, 0.25) is 0 Å². The third-order valence-corrected chi connectivity index (χ3v) is 6.41. The number of para-hydroxylation sites is 1. The predicted octanol–water partition coefficient (Wildman–Crippen LogP) is 2.89. The van der Waals surface area contributed by atoms with Gasteiger partial charge in [-0.3, -0.25) is 14.5 Å². The lowest BCUT2D eigenvalue weighted by Gasteiger charge is -2.47. The molecule has 2 N–H and O–H groups in total. The zero-order valence-electron chi connectivity index (χ0n) is 16.1. The first kappa shape index (κ1) is 19.0. The molecule has 8 heteroatoms. The van der Waals surface area contributed by atoms with Crippen LogP contribution in [0.3, 0.4) is 0 Å². The molecule has 1 aromatic heterocycles. The number of rotatable bonds is 4. The number of nitrogens with one attached hydrogen (secondary N) is 1. The summed E-state index contributed by atoms with van der Waals surface area (Å²) in [6, 6.07) is 12.0. The zero-order chi connectivity index (χ0) is 21.0. The number of aromatic nitrogens is 1. The highest BCUT2D eigenvalue weighted by molar-refractivity contribution is 6.29. The van der Waals surface area contributed by atoms with Crippen LogP contribution in [0, 0.1) is 0 Å². The smallest absolute Gasteiger partial charge is 0.321 e. The van der Waals surface area contributed by atoms with Gasteiger partial charge in [0.1, 0.15) is 11.6 Å². The van der Waals surface area contributed by atoms with Crippen molar-refractivity contribution in [3.8, 4) is 11.5 Å². The fraction of sp³-hybridized carbons (Fsp3) is 0.273. The lowest BCUT2D eigenvalue weighted by molar-refractivity contribution is -0.147. The Hall–Kier alpha value is -3.03. The Morgan fingerprint density at radius 2 is 2.00 bits per heavy atom. The van der Waals surface area contributed by atoms with Crippen LogP contribution < -0.4 is 9.47 Å². The van der Waals surface area contributed by atoms with Gasteiger partial charge in [0.25, 0.3) is 0 Å². The Morgan fingerprint density at radius 1 is 1.23 bits per heavy atom. The summed E-state index contributed by atoms with van der Waals surface area (Å²) in [5.74, 6) is -0.500. The minimum absolute atomic E-state index is 0.0977. The van der Waals surface area contributed by atoms with Crippen molar-refractivity contribution in [2.45, 2.75) is 18.0 Å². The van der Waals surface area contributed by atoms with Gasteiger partial charge < -0.3 is 19.6 Å². The van der Waals surface area contributed by atoms with Crippen LogP contribution in [0.4, 0.5) is 0 Å². The number of likely N-dealkylation sites (N-methyl/N-ethyl adjacent to an activating group) is 1. The third-order valence-electron chi connectivity index (χ3n) is 6.17. The van der Waals surface area contributed by atoms with Crippen LogP contribution in [0.15, 0.2) is 42.5 Å². The van der Waals surface area contributed by atoms with Gasteiger partial charge in [0, 0.05) is 17.3 Å². The molecular formula is C22H19ClN2O5. The topological polar surface area (TPSA) is 91.9 Å². The molecule has 154 valence electrons. The monoisotopic (exact) mass is 426 g/mol. The van der Waals surface area contributed by atoms with Crippen LogP contribution in [0.1, 0.15) is 16.8 Å². The Morgan fingerprint density at radius 3 is 2.77 bits per heavy atom. The average Bonchev–Trinajstić information content (AvgIpc) is 3.36. The van der Waals surface area contributed by atoms with Crippen LogP contribution in [0.25, 0.3) is 10.9 Å². The lowest BCUT2D eigenvalue weighted by Crippen LogP contribution is -2.61. The van der Waals surface area contributed by atoms with Gasteiger partial charge in [-0.05, 0) is 36.4 Å². The largest absolute Gasteiger partial charge is 0.480 e. The molecule has 5 rings (SSSR count). The van der Waals surface area contributed by atoms with Gasteiger partial charge in [0.05, 0.1) is 11.6 Å². The van der Waals surface area contributed by atoms with Gasteiger partial charge in [0.2, 0.25) is 6.79 Å². The quantitative estimate of drug-likeness (QED) is 0.623. The number of carbonyl (C=O) groups is 2. The van der Waals surface area contributed by atoms with Gasteiger partial charge in [-0.15, -0.1) is 11.6 Å². The molecule has 0 saturated heterocycles. The number of hydrogen-bond acceptors (Lipinski definition) is 5. The van der Waals surface area contributed by atoms with Crippen LogP contribution in [-0.4, -0.2) is 52.5 Å². The molecule has 2 atom stereocenters. The maximum atomic E-state index is 13.5. The summed E-state index contributed by atoms with van der Waals surface area (Å²) < 4.78 is 10.9. The van der Waals surface area contributed by atoms with E-state index < -0.39 is 17.6 Å². The summed E-state index contributed by atoms with van der Waals surface area (Å²) in [5.41, 5.74) is 1.48. The second kappa shape index (κ2) is 6.75. The molecule has 7 nitrogen and oxygen atoms in total. The molecule has 0 radical (unpaired) electrons. The molecule has 0 saturated carbocycles. The minimum atomic E-state index is -1.40. The first-order valence-corrected chi connectivity index (χ1v) is 10.1. The fourth-order valence-corrected chi connectivity index (χ4v) is 4.97. The van der Waals surface area contributed by atoms with E-state index in [4.69, 9.17) is 21.1 Å². The molecular weight excluding hydrogens is 408 g/mol. The number of alkyl halides is 1. The molecule has 30 heavy (non-hydrogen) atoms. The van der Waals surface area contributed by atoms with E-state index >= 15 is 0 Å². The number of hydrogen-bond donors (Lipinski definition) is 2. The van der Waals surface area contributed by atoms with Gasteiger partial charge in [-0.25, -0.2) is 0 Å². The van der Waals surface area contributed by atoms with Gasteiger partial charge >= 0.3 is 5.97 Å². The van der Waals surface area contributed by atoms with E-state index in [2.05, 4.69) is 4.98 Å². The number of halogens is 1. The van der Waals surface area contributed by atoms with Gasteiger partial charge in [-0.2, -0.15) is 0 Å². The maximum Gasteiger partial charge on any atom is 0.321 e. The lowest BCUT2D eigenvalue weighted by atomic mass is 9.74. The Labute approximate surface area is 177 Å². The molecule has 0 fully saturated rings. The van der Waals surface area contributed by atoms with Crippen molar-refractivity contribution in [2.24, 2.45) is 0 Å². The first-order valence-electron chi connectivity index (χ1n) is 9.53. The van der Waals surface area contributed by atoms with Crippen molar-refractivity contribution >= 4 is 34.3 Å². The Bertz CT molecular complexity index is 1190. The van der Waals surface area contributed by atoms with Crippen LogP contribution >= 0.6 is 11.6 Å². The summed E-state index contributed by atoms with van der Waals surface area (Å²) in [7, 11) is 1.66. The number of carboxylic acids is 1. The highest BCUT2D eigenvalue weighted by Crippen LogP contribution is 2.47. The van der Waals surface area contributed by atoms with Crippen LogP contribution in [-0.2, 0) is 21.5 Å². The number of aliphatic carboxylic acids is 1. The molecule has 0 bridgehead atoms. The fourth-order valence-electron chi connectivity index (χ4n) is 4.78. The highest BCUT2D eigenvalue weighted by atomic mass is 35.5. The summed E-state index contributed by atoms with van der Waals surface area (Å²) in [6.45, 7) is 0.0977. The summed E-state index contributed by atoms with van der Waals surface area (Å²) >= 11 is 6.11. The Kier molecular flexibility index (Phi) is 4.27. The molecule has 2 aromatic carbocycles. The van der Waals surface area contributed by atoms with E-state index in [1.807, 2.05) is 24.3 Å².